The van der Waals surface area contributed by atoms with Gasteiger partial charge in [0.1, 0.15) is 11.6 Å². The van der Waals surface area contributed by atoms with Gasteiger partial charge in [0.15, 0.2) is 0 Å². The van der Waals surface area contributed by atoms with Gasteiger partial charge < -0.3 is 10.6 Å². The van der Waals surface area contributed by atoms with Crippen LogP contribution in [-0.4, -0.2) is 11.8 Å². The fourth-order valence-electron chi connectivity index (χ4n) is 2.67. The van der Waals surface area contributed by atoms with E-state index in [1.165, 1.54) is 12.1 Å². The Morgan fingerprint density at radius 3 is 2.29 bits per heavy atom. The van der Waals surface area contributed by atoms with Gasteiger partial charge in [0.2, 0.25) is 0 Å². The van der Waals surface area contributed by atoms with Crippen molar-refractivity contribution in [3.63, 3.8) is 0 Å². The summed E-state index contributed by atoms with van der Waals surface area (Å²) in [5.74, 6) is -2.53. The number of hydrogen-bond acceptors (Lipinski definition) is 2. The van der Waals surface area contributed by atoms with Crippen molar-refractivity contribution in [3.05, 3.63) is 101 Å². The Balaban J connectivity index is 1.69. The first-order valence-corrected chi connectivity index (χ1v) is 8.63. The number of rotatable bonds is 5. The van der Waals surface area contributed by atoms with E-state index >= 15 is 0 Å². The van der Waals surface area contributed by atoms with Crippen molar-refractivity contribution in [1.29, 1.82) is 0 Å². The van der Waals surface area contributed by atoms with Crippen LogP contribution in [0, 0.1) is 18.6 Å². The summed E-state index contributed by atoms with van der Waals surface area (Å²) in [5, 5.41) is 5.19. The Morgan fingerprint density at radius 1 is 0.857 bits per heavy atom. The number of halogens is 2. The molecule has 2 amide bonds. The van der Waals surface area contributed by atoms with Crippen molar-refractivity contribution in [3.8, 4) is 0 Å². The molecule has 6 heteroatoms. The molecule has 0 spiro atoms. The maximum absolute atomic E-state index is 13.7. The molecule has 3 aromatic carbocycles. The third kappa shape index (κ3) is 4.59. The largest absolute Gasteiger partial charge is 0.348 e. The molecule has 0 heterocycles. The first kappa shape index (κ1) is 19.2. The molecule has 0 bridgehead atoms. The number of hydrogen-bond donors (Lipinski definition) is 2. The lowest BCUT2D eigenvalue weighted by Crippen LogP contribution is -2.23. The topological polar surface area (TPSA) is 58.2 Å². The number of aryl methyl sites for hydroxylation is 1. The van der Waals surface area contributed by atoms with Crippen LogP contribution < -0.4 is 10.6 Å². The molecule has 0 saturated carbocycles. The van der Waals surface area contributed by atoms with Crippen molar-refractivity contribution >= 4 is 17.5 Å². The molecule has 0 radical (unpaired) electrons. The second kappa shape index (κ2) is 8.43. The molecule has 0 aliphatic carbocycles. The summed E-state index contributed by atoms with van der Waals surface area (Å²) in [6.07, 6.45) is 0. The van der Waals surface area contributed by atoms with E-state index in [0.29, 0.717) is 18.2 Å². The average Bonchev–Trinajstić information content (AvgIpc) is 2.69. The number of carbonyl (C=O) groups excluding carboxylic acids is 2. The average molecular weight is 380 g/mol. The normalized spacial score (nSPS) is 10.4. The lowest BCUT2D eigenvalue weighted by atomic mass is 10.1. The molecule has 2 N–H and O–H groups in total. The van der Waals surface area contributed by atoms with Crippen LogP contribution in [0.4, 0.5) is 14.5 Å². The molecule has 4 nitrogen and oxygen atoms in total. The molecule has 0 aliphatic heterocycles. The minimum absolute atomic E-state index is 0.138. The van der Waals surface area contributed by atoms with Gasteiger partial charge in [0.25, 0.3) is 11.8 Å². The Hall–Kier alpha value is -3.54. The first-order valence-electron chi connectivity index (χ1n) is 8.63. The second-order valence-corrected chi connectivity index (χ2v) is 6.27. The van der Waals surface area contributed by atoms with Crippen LogP contribution in [0.1, 0.15) is 31.8 Å². The molecule has 28 heavy (non-hydrogen) atoms. The van der Waals surface area contributed by atoms with Gasteiger partial charge in [-0.15, -0.1) is 0 Å². The smallest absolute Gasteiger partial charge is 0.255 e. The van der Waals surface area contributed by atoms with Gasteiger partial charge in [-0.05, 0) is 48.4 Å². The molecule has 3 rings (SSSR count). The number of benzene rings is 3. The molecular formula is C22H18F2N2O2. The van der Waals surface area contributed by atoms with Crippen LogP contribution in [0.15, 0.2) is 66.7 Å². The van der Waals surface area contributed by atoms with Crippen molar-refractivity contribution in [2.45, 2.75) is 13.5 Å². The lowest BCUT2D eigenvalue weighted by molar-refractivity contribution is 0.0951. The summed E-state index contributed by atoms with van der Waals surface area (Å²) < 4.78 is 26.7. The van der Waals surface area contributed by atoms with E-state index in [-0.39, 0.29) is 17.2 Å². The van der Waals surface area contributed by atoms with Crippen molar-refractivity contribution in [2.75, 3.05) is 5.32 Å². The summed E-state index contributed by atoms with van der Waals surface area (Å²) in [5.41, 5.74) is 2.42. The van der Waals surface area contributed by atoms with E-state index < -0.39 is 17.5 Å². The molecular weight excluding hydrogens is 362 g/mol. The van der Waals surface area contributed by atoms with Crippen molar-refractivity contribution < 1.29 is 18.4 Å². The Bertz CT molecular complexity index is 1030. The number of anilines is 1. The number of nitrogens with one attached hydrogen (secondary N) is 2. The van der Waals surface area contributed by atoms with Gasteiger partial charge >= 0.3 is 0 Å². The highest BCUT2D eigenvalue weighted by Gasteiger charge is 2.13. The highest BCUT2D eigenvalue weighted by atomic mass is 19.1. The molecule has 0 saturated heterocycles. The predicted molar refractivity (Wildman–Crippen MR) is 103 cm³/mol. The molecule has 0 fully saturated rings. The monoisotopic (exact) mass is 380 g/mol. The van der Waals surface area contributed by atoms with E-state index in [0.717, 1.165) is 23.3 Å². The van der Waals surface area contributed by atoms with Gasteiger partial charge in [0, 0.05) is 23.7 Å². The van der Waals surface area contributed by atoms with Crippen molar-refractivity contribution in [1.82, 2.24) is 5.32 Å². The van der Waals surface area contributed by atoms with Gasteiger partial charge in [-0.25, -0.2) is 8.78 Å². The fourth-order valence-corrected chi connectivity index (χ4v) is 2.67. The standard InChI is InChI=1S/C22H18F2N2O2/c1-14-5-2-3-6-17(14)13-25-21(27)15-7-4-8-16(11-15)22(28)26-20-10-9-18(23)12-19(20)24/h2-12H,13H2,1H3,(H,25,27)(H,26,28). The van der Waals surface area contributed by atoms with Gasteiger partial charge in [-0.3, -0.25) is 9.59 Å². The Kier molecular flexibility index (Phi) is 5.79. The van der Waals surface area contributed by atoms with Gasteiger partial charge in [-0.1, -0.05) is 30.3 Å². The quantitative estimate of drug-likeness (QED) is 0.687. The highest BCUT2D eigenvalue weighted by molar-refractivity contribution is 6.06. The van der Waals surface area contributed by atoms with E-state index in [1.807, 2.05) is 31.2 Å². The third-order valence-corrected chi connectivity index (χ3v) is 4.27. The maximum atomic E-state index is 13.7. The van der Waals surface area contributed by atoms with Crippen LogP contribution in [0.2, 0.25) is 0 Å². The first-order chi connectivity index (χ1) is 13.4. The van der Waals surface area contributed by atoms with E-state index in [9.17, 15) is 18.4 Å². The van der Waals surface area contributed by atoms with Gasteiger partial charge in [-0.2, -0.15) is 0 Å². The molecule has 142 valence electrons. The zero-order valence-corrected chi connectivity index (χ0v) is 15.1. The third-order valence-electron chi connectivity index (χ3n) is 4.27. The van der Waals surface area contributed by atoms with E-state index in [2.05, 4.69) is 10.6 Å². The molecule has 0 aliphatic rings. The van der Waals surface area contributed by atoms with Crippen LogP contribution in [-0.2, 0) is 6.54 Å². The Labute approximate surface area is 161 Å². The second-order valence-electron chi connectivity index (χ2n) is 6.27. The highest BCUT2D eigenvalue weighted by Crippen LogP contribution is 2.17. The zero-order chi connectivity index (χ0) is 20.1. The molecule has 0 aromatic heterocycles. The number of carbonyl (C=O) groups is 2. The SMILES string of the molecule is Cc1ccccc1CNC(=O)c1cccc(C(=O)Nc2ccc(F)cc2F)c1. The minimum atomic E-state index is -0.875. The molecule has 3 aromatic rings. The van der Waals surface area contributed by atoms with Crippen LogP contribution in [0.25, 0.3) is 0 Å². The molecule has 0 unspecified atom stereocenters. The summed E-state index contributed by atoms with van der Waals surface area (Å²) in [6, 6.07) is 16.7. The predicted octanol–water partition coefficient (Wildman–Crippen LogP) is 4.46. The summed E-state index contributed by atoms with van der Waals surface area (Å²) in [6.45, 7) is 2.32. The summed E-state index contributed by atoms with van der Waals surface area (Å²) >= 11 is 0. The minimum Gasteiger partial charge on any atom is -0.348 e. The van der Waals surface area contributed by atoms with Gasteiger partial charge in [0.05, 0.1) is 5.69 Å². The fraction of sp³-hybridized carbons (Fsp3) is 0.0909. The zero-order valence-electron chi connectivity index (χ0n) is 15.1. The lowest BCUT2D eigenvalue weighted by Gasteiger charge is -2.10. The molecule has 0 atom stereocenters. The Morgan fingerprint density at radius 2 is 1.57 bits per heavy atom. The summed E-state index contributed by atoms with van der Waals surface area (Å²) in [7, 11) is 0. The van der Waals surface area contributed by atoms with Crippen LogP contribution in [0.3, 0.4) is 0 Å². The van der Waals surface area contributed by atoms with E-state index in [1.54, 1.807) is 12.1 Å². The number of amides is 2. The van der Waals surface area contributed by atoms with Crippen molar-refractivity contribution in [2.24, 2.45) is 0 Å². The maximum Gasteiger partial charge on any atom is 0.255 e. The van der Waals surface area contributed by atoms with Crippen LogP contribution in [0.5, 0.6) is 0 Å². The van der Waals surface area contributed by atoms with E-state index in [4.69, 9.17) is 0 Å². The summed E-state index contributed by atoms with van der Waals surface area (Å²) in [4.78, 5) is 24.8. The van der Waals surface area contributed by atoms with Crippen LogP contribution >= 0.6 is 0 Å².